The van der Waals surface area contributed by atoms with Crippen LogP contribution in [0.25, 0.3) is 0 Å². The summed E-state index contributed by atoms with van der Waals surface area (Å²) < 4.78 is 21.9. The van der Waals surface area contributed by atoms with Crippen molar-refractivity contribution in [3.05, 3.63) is 28.8 Å². The molecule has 1 aromatic carbocycles. The zero-order valence-corrected chi connectivity index (χ0v) is 12.0. The molecule has 2 N–H and O–H groups in total. The summed E-state index contributed by atoms with van der Waals surface area (Å²) >= 11 is 0. The number of hydrogen-bond donors (Lipinski definition) is 2. The largest absolute Gasteiger partial charge is 0.507 e. The summed E-state index contributed by atoms with van der Waals surface area (Å²) in [5.41, 5.74) is 2.83. The number of nitrogens with one attached hydrogen (secondary N) is 1. The molecule has 1 rings (SSSR count). The maximum absolute atomic E-state index is 10.9. The van der Waals surface area contributed by atoms with Crippen molar-refractivity contribution < 1.29 is 13.5 Å². The number of rotatable bonds is 6. The number of sulfone groups is 1. The van der Waals surface area contributed by atoms with Gasteiger partial charge in [0.15, 0.2) is 0 Å². The van der Waals surface area contributed by atoms with Gasteiger partial charge in [-0.25, -0.2) is 8.42 Å². The van der Waals surface area contributed by atoms with Crippen LogP contribution in [0.1, 0.15) is 23.1 Å². The first-order valence-electron chi connectivity index (χ1n) is 5.97. The van der Waals surface area contributed by atoms with Crippen LogP contribution in [-0.4, -0.2) is 32.1 Å². The highest BCUT2D eigenvalue weighted by Gasteiger charge is 2.04. The van der Waals surface area contributed by atoms with Crippen molar-refractivity contribution in [2.75, 3.05) is 18.6 Å². The number of aromatic hydroxyl groups is 1. The van der Waals surface area contributed by atoms with Crippen LogP contribution in [0.15, 0.2) is 12.1 Å². The highest BCUT2D eigenvalue weighted by atomic mass is 32.2. The monoisotopic (exact) mass is 271 g/mol. The summed E-state index contributed by atoms with van der Waals surface area (Å²) in [5, 5.41) is 12.8. The first kappa shape index (κ1) is 15.0. The van der Waals surface area contributed by atoms with Crippen LogP contribution in [0.3, 0.4) is 0 Å². The van der Waals surface area contributed by atoms with E-state index in [2.05, 4.69) is 5.32 Å². The predicted octanol–water partition coefficient (Wildman–Crippen LogP) is 1.53. The van der Waals surface area contributed by atoms with Gasteiger partial charge in [-0.05, 0) is 43.5 Å². The third kappa shape index (κ3) is 5.06. The minimum Gasteiger partial charge on any atom is -0.507 e. The van der Waals surface area contributed by atoms with E-state index in [0.717, 1.165) is 16.7 Å². The average molecular weight is 271 g/mol. The molecule has 0 fully saturated rings. The molecule has 0 aliphatic rings. The van der Waals surface area contributed by atoms with Crippen molar-refractivity contribution in [3.63, 3.8) is 0 Å². The number of aryl methyl sites for hydroxylation is 2. The topological polar surface area (TPSA) is 66.4 Å². The lowest BCUT2D eigenvalue weighted by Crippen LogP contribution is -2.18. The lowest BCUT2D eigenvalue weighted by atomic mass is 10.1. The summed E-state index contributed by atoms with van der Waals surface area (Å²) in [6, 6.07) is 3.87. The normalized spacial score (nSPS) is 11.7. The molecule has 0 atom stereocenters. The van der Waals surface area contributed by atoms with Gasteiger partial charge in [0.25, 0.3) is 0 Å². The summed E-state index contributed by atoms with van der Waals surface area (Å²) in [7, 11) is -2.86. The maximum atomic E-state index is 10.9. The Morgan fingerprint density at radius 2 is 1.78 bits per heavy atom. The molecule has 0 heterocycles. The fraction of sp³-hybridized carbons (Fsp3) is 0.538. The number of benzene rings is 1. The molecule has 0 aliphatic heterocycles. The third-order valence-corrected chi connectivity index (χ3v) is 3.78. The number of hydrogen-bond acceptors (Lipinski definition) is 4. The van der Waals surface area contributed by atoms with E-state index in [4.69, 9.17) is 0 Å². The predicted molar refractivity (Wildman–Crippen MR) is 73.6 cm³/mol. The fourth-order valence-corrected chi connectivity index (χ4v) is 2.51. The zero-order chi connectivity index (χ0) is 13.8. The van der Waals surface area contributed by atoms with Gasteiger partial charge >= 0.3 is 0 Å². The molecule has 5 heteroatoms. The average Bonchev–Trinajstić information content (AvgIpc) is 2.23. The molecule has 0 aromatic heterocycles. The maximum Gasteiger partial charge on any atom is 0.147 e. The van der Waals surface area contributed by atoms with Gasteiger partial charge < -0.3 is 10.4 Å². The Labute approximate surface area is 109 Å². The Morgan fingerprint density at radius 3 is 2.28 bits per heavy atom. The zero-order valence-electron chi connectivity index (χ0n) is 11.2. The van der Waals surface area contributed by atoms with E-state index in [9.17, 15) is 13.5 Å². The van der Waals surface area contributed by atoms with Crippen molar-refractivity contribution in [3.8, 4) is 5.75 Å². The van der Waals surface area contributed by atoms with Gasteiger partial charge in [0.2, 0.25) is 0 Å². The van der Waals surface area contributed by atoms with E-state index in [1.165, 1.54) is 6.26 Å². The summed E-state index contributed by atoms with van der Waals surface area (Å²) in [5.74, 6) is 0.559. The molecule has 0 aliphatic carbocycles. The highest BCUT2D eigenvalue weighted by molar-refractivity contribution is 7.90. The van der Waals surface area contributed by atoms with E-state index < -0.39 is 9.84 Å². The molecular weight excluding hydrogens is 250 g/mol. The van der Waals surface area contributed by atoms with Crippen molar-refractivity contribution in [1.82, 2.24) is 5.32 Å². The quantitative estimate of drug-likeness (QED) is 0.770. The molecular formula is C13H21NO3S. The fourth-order valence-electron chi connectivity index (χ4n) is 1.84. The Morgan fingerprint density at radius 1 is 1.22 bits per heavy atom. The van der Waals surface area contributed by atoms with E-state index >= 15 is 0 Å². The Kier molecular flexibility index (Phi) is 5.16. The second-order valence-electron chi connectivity index (χ2n) is 4.74. The SMILES string of the molecule is Cc1cc(CNCCCS(C)(=O)=O)cc(C)c1O. The second-order valence-corrected chi connectivity index (χ2v) is 7.00. The van der Waals surface area contributed by atoms with Crippen molar-refractivity contribution in [2.24, 2.45) is 0 Å². The minimum absolute atomic E-state index is 0.216. The molecule has 0 saturated carbocycles. The number of phenols is 1. The summed E-state index contributed by atoms with van der Waals surface area (Å²) in [4.78, 5) is 0. The summed E-state index contributed by atoms with van der Waals surface area (Å²) in [6.07, 6.45) is 1.87. The van der Waals surface area contributed by atoms with Crippen LogP contribution < -0.4 is 5.32 Å². The van der Waals surface area contributed by atoms with E-state index in [1.807, 2.05) is 26.0 Å². The van der Waals surface area contributed by atoms with Gasteiger partial charge in [-0.2, -0.15) is 0 Å². The smallest absolute Gasteiger partial charge is 0.147 e. The minimum atomic E-state index is -2.86. The molecule has 102 valence electrons. The van der Waals surface area contributed by atoms with E-state index in [1.54, 1.807) is 0 Å². The van der Waals surface area contributed by atoms with Gasteiger partial charge in [-0.3, -0.25) is 0 Å². The third-order valence-electron chi connectivity index (χ3n) is 2.75. The van der Waals surface area contributed by atoms with Crippen molar-refractivity contribution in [1.29, 1.82) is 0 Å². The van der Waals surface area contributed by atoms with Crippen LogP contribution >= 0.6 is 0 Å². The molecule has 0 spiro atoms. The molecule has 0 unspecified atom stereocenters. The van der Waals surface area contributed by atoms with Crippen molar-refractivity contribution >= 4 is 9.84 Å². The van der Waals surface area contributed by atoms with E-state index in [0.29, 0.717) is 25.3 Å². The number of phenolic OH excluding ortho intramolecular Hbond substituents is 1. The van der Waals surface area contributed by atoms with Crippen LogP contribution in [0.4, 0.5) is 0 Å². The van der Waals surface area contributed by atoms with E-state index in [-0.39, 0.29) is 5.75 Å². The van der Waals surface area contributed by atoms with Gasteiger partial charge in [0.05, 0.1) is 5.75 Å². The Balaban J connectivity index is 2.41. The Hall–Kier alpha value is -1.07. The molecule has 4 nitrogen and oxygen atoms in total. The Bertz CT molecular complexity index is 486. The molecule has 0 bridgehead atoms. The molecule has 1 aromatic rings. The lowest BCUT2D eigenvalue weighted by molar-refractivity contribution is 0.466. The van der Waals surface area contributed by atoms with Crippen LogP contribution in [0.5, 0.6) is 5.75 Å². The van der Waals surface area contributed by atoms with Gasteiger partial charge in [-0.1, -0.05) is 12.1 Å². The first-order valence-corrected chi connectivity index (χ1v) is 8.03. The second kappa shape index (κ2) is 6.20. The van der Waals surface area contributed by atoms with Crippen molar-refractivity contribution in [2.45, 2.75) is 26.8 Å². The molecule has 18 heavy (non-hydrogen) atoms. The lowest BCUT2D eigenvalue weighted by Gasteiger charge is -2.09. The van der Waals surface area contributed by atoms with Crippen LogP contribution in [-0.2, 0) is 16.4 Å². The summed E-state index contributed by atoms with van der Waals surface area (Å²) in [6.45, 7) is 5.10. The van der Waals surface area contributed by atoms with Crippen LogP contribution in [0.2, 0.25) is 0 Å². The van der Waals surface area contributed by atoms with Gasteiger partial charge in [-0.15, -0.1) is 0 Å². The molecule has 0 radical (unpaired) electrons. The first-order chi connectivity index (χ1) is 8.29. The van der Waals surface area contributed by atoms with Crippen LogP contribution in [0, 0.1) is 13.8 Å². The molecule has 0 saturated heterocycles. The highest BCUT2D eigenvalue weighted by Crippen LogP contribution is 2.22. The molecule has 0 amide bonds. The van der Waals surface area contributed by atoms with Gasteiger partial charge in [0.1, 0.15) is 15.6 Å². The standard InChI is InChI=1S/C13H21NO3S/c1-10-7-12(8-11(2)13(10)15)9-14-5-4-6-18(3,16)17/h7-8,14-15H,4-6,9H2,1-3H3. The van der Waals surface area contributed by atoms with Gasteiger partial charge in [0, 0.05) is 12.8 Å².